The van der Waals surface area contributed by atoms with Gasteiger partial charge in [-0.05, 0) is 68.1 Å². The molecule has 0 saturated carbocycles. The van der Waals surface area contributed by atoms with E-state index >= 15 is 0 Å². The average molecular weight is 433 g/mol. The molecule has 1 fully saturated rings. The highest BCUT2D eigenvalue weighted by atomic mass is 35.5. The minimum absolute atomic E-state index is 0.0775. The molecule has 0 bridgehead atoms. The zero-order valence-electron chi connectivity index (χ0n) is 18.2. The highest BCUT2D eigenvalue weighted by Crippen LogP contribution is 2.32. The monoisotopic (exact) mass is 432 g/mol. The van der Waals surface area contributed by atoms with Crippen molar-refractivity contribution in [2.75, 3.05) is 47.4 Å². The summed E-state index contributed by atoms with van der Waals surface area (Å²) >= 11 is 6.33. The lowest BCUT2D eigenvalue weighted by atomic mass is 9.97. The van der Waals surface area contributed by atoms with Crippen LogP contribution in [0.4, 0.5) is 0 Å². The van der Waals surface area contributed by atoms with Crippen molar-refractivity contribution in [2.24, 2.45) is 5.92 Å². The van der Waals surface area contributed by atoms with Crippen LogP contribution < -0.4 is 9.47 Å². The number of aromatic hydroxyl groups is 1. The molecule has 2 aromatic carbocycles. The number of nitrogens with zero attached hydrogens (tertiary/aromatic N) is 2. The van der Waals surface area contributed by atoms with E-state index in [0.717, 1.165) is 43.9 Å². The maximum absolute atomic E-state index is 9.86. The number of piperidine rings is 1. The van der Waals surface area contributed by atoms with Crippen LogP contribution in [0.25, 0.3) is 0 Å². The molecule has 5 nitrogen and oxygen atoms in total. The fourth-order valence-corrected chi connectivity index (χ4v) is 4.47. The molecule has 0 aromatic heterocycles. The molecule has 164 valence electrons. The minimum atomic E-state index is 0.0775. The number of likely N-dealkylation sites (tertiary alicyclic amines) is 1. The number of benzene rings is 2. The van der Waals surface area contributed by atoms with Crippen molar-refractivity contribution in [3.8, 4) is 17.2 Å². The van der Waals surface area contributed by atoms with Crippen LogP contribution in [0.5, 0.6) is 17.2 Å². The van der Waals surface area contributed by atoms with Gasteiger partial charge in [-0.25, -0.2) is 0 Å². The molecule has 1 atom stereocenters. The van der Waals surface area contributed by atoms with Crippen LogP contribution in [-0.2, 0) is 13.0 Å². The van der Waals surface area contributed by atoms with Crippen LogP contribution in [0.15, 0.2) is 36.4 Å². The zero-order valence-corrected chi connectivity index (χ0v) is 19.0. The normalized spacial score (nSPS) is 17.3. The Labute approximate surface area is 185 Å². The third-order valence-corrected chi connectivity index (χ3v) is 6.19. The minimum Gasteiger partial charge on any atom is -0.504 e. The molecule has 0 spiro atoms. The van der Waals surface area contributed by atoms with Gasteiger partial charge in [0.2, 0.25) is 0 Å². The summed E-state index contributed by atoms with van der Waals surface area (Å²) in [5, 5.41) is 10.4. The van der Waals surface area contributed by atoms with E-state index in [9.17, 15) is 5.11 Å². The number of phenolic OH excluding ortho intramolecular Hbond substituents is 1. The van der Waals surface area contributed by atoms with E-state index in [1.54, 1.807) is 20.3 Å². The summed E-state index contributed by atoms with van der Waals surface area (Å²) in [4.78, 5) is 4.90. The first-order valence-electron chi connectivity index (χ1n) is 10.6. The van der Waals surface area contributed by atoms with Gasteiger partial charge in [-0.3, -0.25) is 0 Å². The Bertz CT molecular complexity index is 813. The molecule has 0 aliphatic carbocycles. The molecule has 0 radical (unpaired) electrons. The molecule has 2 aromatic rings. The Kier molecular flexibility index (Phi) is 8.25. The van der Waals surface area contributed by atoms with Gasteiger partial charge in [0.05, 0.1) is 14.2 Å². The predicted molar refractivity (Wildman–Crippen MR) is 122 cm³/mol. The lowest BCUT2D eigenvalue weighted by Gasteiger charge is -2.35. The maximum Gasteiger partial charge on any atom is 0.160 e. The van der Waals surface area contributed by atoms with E-state index < -0.39 is 0 Å². The molecule has 1 aliphatic rings. The molecule has 1 aliphatic heterocycles. The lowest BCUT2D eigenvalue weighted by molar-refractivity contribution is 0.142. The fourth-order valence-electron chi connectivity index (χ4n) is 4.25. The second kappa shape index (κ2) is 10.9. The van der Waals surface area contributed by atoms with Crippen LogP contribution in [0.3, 0.4) is 0 Å². The molecule has 0 amide bonds. The standard InChI is InChI=1S/C24H33ClN2O3/c1-26(17-20-13-24(30-3)23(28)14-22(20)25)15-19-5-4-11-27(16-19)12-10-18-6-8-21(29-2)9-7-18/h6-9,13-14,19,28H,4-5,10-12,15-17H2,1-3H3. The van der Waals surface area contributed by atoms with Crippen LogP contribution in [0.2, 0.25) is 5.02 Å². The van der Waals surface area contributed by atoms with Gasteiger partial charge in [0, 0.05) is 37.3 Å². The van der Waals surface area contributed by atoms with E-state index in [2.05, 4.69) is 29.0 Å². The molecule has 1 unspecified atom stereocenters. The summed E-state index contributed by atoms with van der Waals surface area (Å²) < 4.78 is 10.5. The van der Waals surface area contributed by atoms with Crippen molar-refractivity contribution in [1.29, 1.82) is 0 Å². The molecular weight excluding hydrogens is 400 g/mol. The highest BCUT2D eigenvalue weighted by molar-refractivity contribution is 6.31. The number of phenols is 1. The lowest BCUT2D eigenvalue weighted by Crippen LogP contribution is -2.40. The molecule has 1 heterocycles. The van der Waals surface area contributed by atoms with Crippen molar-refractivity contribution >= 4 is 11.6 Å². The van der Waals surface area contributed by atoms with E-state index in [-0.39, 0.29) is 5.75 Å². The SMILES string of the molecule is COc1ccc(CCN2CCCC(CN(C)Cc3cc(OC)c(O)cc3Cl)C2)cc1. The zero-order chi connectivity index (χ0) is 21.5. The van der Waals surface area contributed by atoms with Gasteiger partial charge in [0.25, 0.3) is 0 Å². The number of hydrogen-bond acceptors (Lipinski definition) is 5. The molecule has 1 N–H and O–H groups in total. The third-order valence-electron chi connectivity index (χ3n) is 5.84. The van der Waals surface area contributed by atoms with Gasteiger partial charge >= 0.3 is 0 Å². The van der Waals surface area contributed by atoms with Crippen molar-refractivity contribution in [2.45, 2.75) is 25.8 Å². The van der Waals surface area contributed by atoms with Gasteiger partial charge in [-0.2, -0.15) is 0 Å². The highest BCUT2D eigenvalue weighted by Gasteiger charge is 2.21. The van der Waals surface area contributed by atoms with Crippen LogP contribution in [-0.4, -0.2) is 62.4 Å². The topological polar surface area (TPSA) is 45.2 Å². The summed E-state index contributed by atoms with van der Waals surface area (Å²) in [5.41, 5.74) is 2.33. The van der Waals surface area contributed by atoms with E-state index in [1.165, 1.54) is 24.9 Å². The van der Waals surface area contributed by atoms with Crippen molar-refractivity contribution in [3.05, 3.63) is 52.5 Å². The van der Waals surface area contributed by atoms with Gasteiger partial charge in [-0.15, -0.1) is 0 Å². The molecule has 1 saturated heterocycles. The van der Waals surface area contributed by atoms with E-state index in [0.29, 0.717) is 16.7 Å². The Hall–Kier alpha value is -1.95. The number of rotatable bonds is 9. The number of halogens is 1. The second-order valence-electron chi connectivity index (χ2n) is 8.22. The van der Waals surface area contributed by atoms with E-state index in [4.69, 9.17) is 21.1 Å². The van der Waals surface area contributed by atoms with Gasteiger partial charge in [0.1, 0.15) is 5.75 Å². The van der Waals surface area contributed by atoms with Crippen molar-refractivity contribution in [1.82, 2.24) is 9.80 Å². The van der Waals surface area contributed by atoms with E-state index in [1.807, 2.05) is 18.2 Å². The number of hydrogen-bond donors (Lipinski definition) is 1. The van der Waals surface area contributed by atoms with Gasteiger partial charge < -0.3 is 24.4 Å². The summed E-state index contributed by atoms with van der Waals surface area (Å²) in [6.45, 7) is 5.16. The smallest absolute Gasteiger partial charge is 0.160 e. The quantitative estimate of drug-likeness (QED) is 0.634. The van der Waals surface area contributed by atoms with Crippen LogP contribution in [0, 0.1) is 5.92 Å². The first-order valence-corrected chi connectivity index (χ1v) is 11.0. The predicted octanol–water partition coefficient (Wildman–Crippen LogP) is 4.45. The second-order valence-corrected chi connectivity index (χ2v) is 8.63. The Morgan fingerprint density at radius 1 is 1.17 bits per heavy atom. The van der Waals surface area contributed by atoms with Crippen LogP contribution in [0.1, 0.15) is 24.0 Å². The fraction of sp³-hybridized carbons (Fsp3) is 0.500. The molecular formula is C24H33ClN2O3. The summed E-state index contributed by atoms with van der Waals surface area (Å²) in [6, 6.07) is 11.8. The summed E-state index contributed by atoms with van der Waals surface area (Å²) in [5.74, 6) is 2.10. The summed E-state index contributed by atoms with van der Waals surface area (Å²) in [6.07, 6.45) is 3.57. The first-order chi connectivity index (χ1) is 14.5. The Balaban J connectivity index is 1.49. The first kappa shape index (κ1) is 22.7. The molecule has 30 heavy (non-hydrogen) atoms. The average Bonchev–Trinajstić information content (AvgIpc) is 2.75. The van der Waals surface area contributed by atoms with Crippen molar-refractivity contribution in [3.63, 3.8) is 0 Å². The van der Waals surface area contributed by atoms with Gasteiger partial charge in [0.15, 0.2) is 11.5 Å². The maximum atomic E-state index is 9.86. The largest absolute Gasteiger partial charge is 0.504 e. The van der Waals surface area contributed by atoms with Gasteiger partial charge in [-0.1, -0.05) is 23.7 Å². The third kappa shape index (κ3) is 6.27. The van der Waals surface area contributed by atoms with Crippen molar-refractivity contribution < 1.29 is 14.6 Å². The summed E-state index contributed by atoms with van der Waals surface area (Å²) in [7, 11) is 5.39. The molecule has 6 heteroatoms. The number of methoxy groups -OCH3 is 2. The Morgan fingerprint density at radius 2 is 1.93 bits per heavy atom. The van der Waals surface area contributed by atoms with Crippen LogP contribution >= 0.6 is 11.6 Å². The molecule has 3 rings (SSSR count). The Morgan fingerprint density at radius 3 is 2.63 bits per heavy atom. The number of ether oxygens (including phenoxy) is 2.